The molecule has 0 spiro atoms. The van der Waals surface area contributed by atoms with Gasteiger partial charge < -0.3 is 10.4 Å². The van der Waals surface area contributed by atoms with Crippen LogP contribution < -0.4 is 10.7 Å². The minimum atomic E-state index is -0.750. The molecule has 0 heterocycles. The molecule has 7 heteroatoms. The largest absolute Gasteiger partial charge is 0.508 e. The van der Waals surface area contributed by atoms with E-state index >= 15 is 0 Å². The molecule has 0 fully saturated rings. The second kappa shape index (κ2) is 9.01. The first-order valence-electron chi connectivity index (χ1n) is 8.05. The topological polar surface area (TPSA) is 90.8 Å². The van der Waals surface area contributed by atoms with Crippen molar-refractivity contribution in [2.24, 2.45) is 11.0 Å². The minimum Gasteiger partial charge on any atom is -0.508 e. The molecule has 1 atom stereocenters. The summed E-state index contributed by atoms with van der Waals surface area (Å²) in [5.41, 5.74) is 3.46. The van der Waals surface area contributed by atoms with Gasteiger partial charge in [-0.3, -0.25) is 9.59 Å². The van der Waals surface area contributed by atoms with Gasteiger partial charge in [0.05, 0.1) is 6.21 Å². The number of hydrazone groups is 1. The van der Waals surface area contributed by atoms with Crippen LogP contribution in [-0.2, 0) is 4.79 Å². The molecular formula is C19H20ClN3O3. The molecule has 0 aliphatic rings. The van der Waals surface area contributed by atoms with E-state index < -0.39 is 11.9 Å². The summed E-state index contributed by atoms with van der Waals surface area (Å²) in [5, 5.41) is 16.5. The molecule has 0 saturated heterocycles. The molecule has 2 amide bonds. The zero-order valence-electron chi connectivity index (χ0n) is 14.4. The number of hydrogen-bond acceptors (Lipinski definition) is 4. The van der Waals surface area contributed by atoms with Gasteiger partial charge in [-0.2, -0.15) is 5.10 Å². The standard InChI is InChI=1S/C19H20ClN3O3/c1-12(2)17(22-18(25)14-6-8-15(20)9-7-14)19(26)23-21-11-13-4-3-5-16(24)10-13/h3-12,17,24H,1-2H3,(H,22,25)(H,23,26). The Bertz CT molecular complexity index is 804. The van der Waals surface area contributed by atoms with Gasteiger partial charge in [-0.05, 0) is 47.9 Å². The molecule has 2 rings (SSSR count). The monoisotopic (exact) mass is 373 g/mol. The average Bonchev–Trinajstić information content (AvgIpc) is 2.59. The Kier molecular flexibility index (Phi) is 6.74. The van der Waals surface area contributed by atoms with Gasteiger partial charge in [0.25, 0.3) is 11.8 Å². The van der Waals surface area contributed by atoms with Crippen molar-refractivity contribution in [1.82, 2.24) is 10.7 Å². The van der Waals surface area contributed by atoms with Gasteiger partial charge in [0.15, 0.2) is 0 Å². The molecule has 0 aliphatic heterocycles. The van der Waals surface area contributed by atoms with E-state index in [4.69, 9.17) is 11.6 Å². The van der Waals surface area contributed by atoms with Crippen molar-refractivity contribution in [3.05, 3.63) is 64.7 Å². The Morgan fingerprint density at radius 1 is 1.15 bits per heavy atom. The lowest BCUT2D eigenvalue weighted by atomic mass is 10.0. The maximum absolute atomic E-state index is 12.4. The van der Waals surface area contributed by atoms with Crippen LogP contribution in [0.2, 0.25) is 5.02 Å². The zero-order valence-corrected chi connectivity index (χ0v) is 15.2. The predicted octanol–water partition coefficient (Wildman–Crippen LogP) is 2.95. The highest BCUT2D eigenvalue weighted by Gasteiger charge is 2.24. The van der Waals surface area contributed by atoms with Gasteiger partial charge in [0.1, 0.15) is 11.8 Å². The van der Waals surface area contributed by atoms with Crippen LogP contribution in [0.3, 0.4) is 0 Å². The van der Waals surface area contributed by atoms with E-state index in [-0.39, 0.29) is 17.6 Å². The molecule has 0 aliphatic carbocycles. The molecule has 136 valence electrons. The van der Waals surface area contributed by atoms with Gasteiger partial charge in [0.2, 0.25) is 0 Å². The van der Waals surface area contributed by atoms with Crippen molar-refractivity contribution in [3.8, 4) is 5.75 Å². The van der Waals surface area contributed by atoms with E-state index in [2.05, 4.69) is 15.8 Å². The molecule has 2 aromatic carbocycles. The van der Waals surface area contributed by atoms with Gasteiger partial charge in [-0.15, -0.1) is 0 Å². The van der Waals surface area contributed by atoms with E-state index in [1.165, 1.54) is 18.3 Å². The van der Waals surface area contributed by atoms with Crippen LogP contribution in [0, 0.1) is 5.92 Å². The fourth-order valence-electron chi connectivity index (χ4n) is 2.21. The number of halogens is 1. The van der Waals surface area contributed by atoms with Crippen molar-refractivity contribution >= 4 is 29.6 Å². The van der Waals surface area contributed by atoms with E-state index in [9.17, 15) is 14.7 Å². The van der Waals surface area contributed by atoms with Crippen LogP contribution >= 0.6 is 11.6 Å². The Hall–Kier alpha value is -2.86. The smallest absolute Gasteiger partial charge is 0.262 e. The van der Waals surface area contributed by atoms with Crippen LogP contribution in [0.15, 0.2) is 53.6 Å². The Morgan fingerprint density at radius 2 is 1.85 bits per heavy atom. The third kappa shape index (κ3) is 5.60. The van der Waals surface area contributed by atoms with Gasteiger partial charge in [-0.25, -0.2) is 5.43 Å². The Morgan fingerprint density at radius 3 is 2.46 bits per heavy atom. The molecule has 0 saturated carbocycles. The lowest BCUT2D eigenvalue weighted by Gasteiger charge is -2.20. The number of phenols is 1. The lowest BCUT2D eigenvalue weighted by Crippen LogP contribution is -2.48. The number of benzene rings is 2. The molecule has 0 bridgehead atoms. The predicted molar refractivity (Wildman–Crippen MR) is 101 cm³/mol. The first-order chi connectivity index (χ1) is 12.4. The van der Waals surface area contributed by atoms with Gasteiger partial charge in [-0.1, -0.05) is 37.6 Å². The second-order valence-electron chi connectivity index (χ2n) is 6.03. The summed E-state index contributed by atoms with van der Waals surface area (Å²) in [7, 11) is 0. The highest BCUT2D eigenvalue weighted by molar-refractivity contribution is 6.30. The lowest BCUT2D eigenvalue weighted by molar-refractivity contribution is -0.123. The molecule has 0 aromatic heterocycles. The van der Waals surface area contributed by atoms with Crippen LogP contribution in [-0.4, -0.2) is 29.2 Å². The number of nitrogens with one attached hydrogen (secondary N) is 2. The van der Waals surface area contributed by atoms with Crippen molar-refractivity contribution in [2.75, 3.05) is 0 Å². The Balaban J connectivity index is 2.00. The van der Waals surface area contributed by atoms with Crippen LogP contribution in [0.5, 0.6) is 5.75 Å². The summed E-state index contributed by atoms with van der Waals surface area (Å²) in [5.74, 6) is -0.830. The zero-order chi connectivity index (χ0) is 19.1. The van der Waals surface area contributed by atoms with E-state index in [0.29, 0.717) is 16.1 Å². The van der Waals surface area contributed by atoms with Gasteiger partial charge >= 0.3 is 0 Å². The van der Waals surface area contributed by atoms with Crippen LogP contribution in [0.4, 0.5) is 0 Å². The maximum atomic E-state index is 12.4. The maximum Gasteiger partial charge on any atom is 0.262 e. The molecule has 1 unspecified atom stereocenters. The number of hydrogen-bond donors (Lipinski definition) is 3. The third-order valence-corrected chi connectivity index (χ3v) is 3.85. The van der Waals surface area contributed by atoms with Crippen molar-refractivity contribution in [1.29, 1.82) is 0 Å². The number of carbonyl (C=O) groups is 2. The van der Waals surface area contributed by atoms with Crippen LogP contribution in [0.1, 0.15) is 29.8 Å². The van der Waals surface area contributed by atoms with Crippen molar-refractivity contribution in [3.63, 3.8) is 0 Å². The first kappa shape index (κ1) is 19.5. The molecular weight excluding hydrogens is 354 g/mol. The molecule has 26 heavy (non-hydrogen) atoms. The summed E-state index contributed by atoms with van der Waals surface area (Å²) in [6.45, 7) is 3.65. The number of aromatic hydroxyl groups is 1. The third-order valence-electron chi connectivity index (χ3n) is 3.60. The van der Waals surface area contributed by atoms with Crippen molar-refractivity contribution in [2.45, 2.75) is 19.9 Å². The summed E-state index contributed by atoms with van der Waals surface area (Å²) in [4.78, 5) is 24.7. The summed E-state index contributed by atoms with van der Waals surface area (Å²) < 4.78 is 0. The number of carbonyl (C=O) groups excluding carboxylic acids is 2. The Labute approximate surface area is 156 Å². The summed E-state index contributed by atoms with van der Waals surface area (Å²) >= 11 is 5.81. The highest BCUT2D eigenvalue weighted by Crippen LogP contribution is 2.11. The average molecular weight is 374 g/mol. The quantitative estimate of drug-likeness (QED) is 0.537. The summed E-state index contributed by atoms with van der Waals surface area (Å²) in [6.07, 6.45) is 1.41. The SMILES string of the molecule is CC(C)C(NC(=O)c1ccc(Cl)cc1)C(=O)NN=Cc1cccc(O)c1. The number of rotatable bonds is 6. The van der Waals surface area contributed by atoms with E-state index in [1.54, 1.807) is 36.4 Å². The second-order valence-corrected chi connectivity index (χ2v) is 6.47. The summed E-state index contributed by atoms with van der Waals surface area (Å²) in [6, 6.07) is 12.1. The van der Waals surface area contributed by atoms with Crippen molar-refractivity contribution < 1.29 is 14.7 Å². The number of amides is 2. The van der Waals surface area contributed by atoms with Crippen LogP contribution in [0.25, 0.3) is 0 Å². The normalized spacial score (nSPS) is 12.2. The minimum absolute atomic E-state index is 0.107. The molecule has 2 aromatic rings. The molecule has 0 radical (unpaired) electrons. The van der Waals surface area contributed by atoms with E-state index in [0.717, 1.165) is 0 Å². The fourth-order valence-corrected chi connectivity index (χ4v) is 2.33. The number of phenolic OH excluding ortho intramolecular Hbond substituents is 1. The molecule has 3 N–H and O–H groups in total. The first-order valence-corrected chi connectivity index (χ1v) is 8.43. The highest BCUT2D eigenvalue weighted by atomic mass is 35.5. The number of nitrogens with zero attached hydrogens (tertiary/aromatic N) is 1. The fraction of sp³-hybridized carbons (Fsp3) is 0.211. The van der Waals surface area contributed by atoms with Gasteiger partial charge in [0, 0.05) is 10.6 Å². The van der Waals surface area contributed by atoms with E-state index in [1.807, 2.05) is 13.8 Å². The molecule has 6 nitrogen and oxygen atoms in total.